The third-order valence-corrected chi connectivity index (χ3v) is 5.89. The highest BCUT2D eigenvalue weighted by molar-refractivity contribution is 7.88. The molecule has 0 saturated carbocycles. The number of carbonyl (C=O) groups is 1. The van der Waals surface area contributed by atoms with Crippen molar-refractivity contribution in [2.45, 2.75) is 25.8 Å². The summed E-state index contributed by atoms with van der Waals surface area (Å²) in [4.78, 5) is 21.1. The van der Waals surface area contributed by atoms with Gasteiger partial charge >= 0.3 is 5.97 Å². The van der Waals surface area contributed by atoms with Gasteiger partial charge in [-0.15, -0.1) is 0 Å². The fraction of sp³-hybridized carbons (Fsp3) is 0.421. The summed E-state index contributed by atoms with van der Waals surface area (Å²) in [6.07, 6.45) is 4.03. The molecule has 28 heavy (non-hydrogen) atoms. The maximum absolute atomic E-state index is 12.3. The Morgan fingerprint density at radius 1 is 1.25 bits per heavy atom. The molecule has 1 saturated heterocycles. The van der Waals surface area contributed by atoms with Crippen molar-refractivity contribution >= 4 is 21.9 Å². The predicted octanol–water partition coefficient (Wildman–Crippen LogP) is 2.16. The zero-order valence-corrected chi connectivity index (χ0v) is 16.8. The third kappa shape index (κ3) is 4.85. The molecule has 0 atom stereocenters. The van der Waals surface area contributed by atoms with E-state index in [9.17, 15) is 13.2 Å². The molecule has 0 bridgehead atoms. The molecule has 1 aromatic carbocycles. The van der Waals surface area contributed by atoms with Gasteiger partial charge in [-0.25, -0.2) is 27.5 Å². The lowest BCUT2D eigenvalue weighted by Gasteiger charge is -2.30. The summed E-state index contributed by atoms with van der Waals surface area (Å²) in [7, 11) is -3.16. The SMILES string of the molecule is CCOC(=O)c1cnc(NC2CCN(S(C)(=O)=O)CC2)nc1-c1ccccc1. The van der Waals surface area contributed by atoms with Gasteiger partial charge in [0.25, 0.3) is 0 Å². The fourth-order valence-electron chi connectivity index (χ4n) is 3.14. The van der Waals surface area contributed by atoms with Crippen molar-refractivity contribution in [1.82, 2.24) is 14.3 Å². The van der Waals surface area contributed by atoms with Gasteiger partial charge in [-0.1, -0.05) is 30.3 Å². The highest BCUT2D eigenvalue weighted by atomic mass is 32.2. The number of carbonyl (C=O) groups excluding carboxylic acids is 1. The second-order valence-electron chi connectivity index (χ2n) is 6.62. The molecular weight excluding hydrogens is 380 g/mol. The number of esters is 1. The first-order valence-electron chi connectivity index (χ1n) is 9.19. The van der Waals surface area contributed by atoms with E-state index in [2.05, 4.69) is 15.3 Å². The van der Waals surface area contributed by atoms with Gasteiger partial charge in [-0.05, 0) is 19.8 Å². The number of benzene rings is 1. The smallest absolute Gasteiger partial charge is 0.341 e. The van der Waals surface area contributed by atoms with Crippen molar-refractivity contribution in [3.05, 3.63) is 42.1 Å². The molecule has 8 nitrogen and oxygen atoms in total. The first-order chi connectivity index (χ1) is 13.4. The van der Waals surface area contributed by atoms with Crippen molar-refractivity contribution in [2.75, 3.05) is 31.3 Å². The molecule has 1 aromatic heterocycles. The number of anilines is 1. The van der Waals surface area contributed by atoms with E-state index in [1.54, 1.807) is 6.92 Å². The molecule has 1 aliphatic heterocycles. The van der Waals surface area contributed by atoms with Crippen LogP contribution in [0.1, 0.15) is 30.1 Å². The number of ether oxygens (including phenoxy) is 1. The van der Waals surface area contributed by atoms with E-state index in [0.717, 1.165) is 5.56 Å². The average molecular weight is 404 g/mol. The summed E-state index contributed by atoms with van der Waals surface area (Å²) in [6.45, 7) is 2.94. The summed E-state index contributed by atoms with van der Waals surface area (Å²) < 4.78 is 29.9. The van der Waals surface area contributed by atoms with Crippen LogP contribution in [0.3, 0.4) is 0 Å². The van der Waals surface area contributed by atoms with Crippen LogP contribution in [0.15, 0.2) is 36.5 Å². The van der Waals surface area contributed by atoms with Crippen LogP contribution in [0.4, 0.5) is 5.95 Å². The molecule has 1 aliphatic rings. The molecule has 0 radical (unpaired) electrons. The standard InChI is InChI=1S/C19H24N4O4S/c1-3-27-18(24)16-13-20-19(22-17(16)14-7-5-4-6-8-14)21-15-9-11-23(12-10-15)28(2,25)26/h4-8,13,15H,3,9-12H2,1-2H3,(H,20,21,22). The number of hydrogen-bond acceptors (Lipinski definition) is 7. The minimum Gasteiger partial charge on any atom is -0.462 e. The summed E-state index contributed by atoms with van der Waals surface area (Å²) in [5.41, 5.74) is 1.61. The second kappa shape index (κ2) is 8.66. The number of sulfonamides is 1. The van der Waals surface area contributed by atoms with E-state index in [-0.39, 0.29) is 12.6 Å². The molecule has 1 fully saturated rings. The lowest BCUT2D eigenvalue weighted by Crippen LogP contribution is -2.42. The van der Waals surface area contributed by atoms with Crippen LogP contribution >= 0.6 is 0 Å². The molecule has 3 rings (SSSR count). The Morgan fingerprint density at radius 2 is 1.93 bits per heavy atom. The normalized spacial score (nSPS) is 15.9. The molecule has 0 unspecified atom stereocenters. The zero-order valence-electron chi connectivity index (χ0n) is 16.0. The first kappa shape index (κ1) is 20.2. The van der Waals surface area contributed by atoms with E-state index in [4.69, 9.17) is 4.74 Å². The van der Waals surface area contributed by atoms with Crippen LogP contribution in [-0.2, 0) is 14.8 Å². The molecule has 0 amide bonds. The second-order valence-corrected chi connectivity index (χ2v) is 8.61. The Balaban J connectivity index is 1.81. The van der Waals surface area contributed by atoms with Crippen LogP contribution in [0, 0.1) is 0 Å². The molecule has 0 aliphatic carbocycles. The Labute approximate surface area is 165 Å². The van der Waals surface area contributed by atoms with Crippen LogP contribution in [-0.4, -0.2) is 60.7 Å². The molecule has 1 N–H and O–H groups in total. The highest BCUT2D eigenvalue weighted by Crippen LogP contribution is 2.24. The Morgan fingerprint density at radius 3 is 2.54 bits per heavy atom. The summed E-state index contributed by atoms with van der Waals surface area (Å²) in [5, 5.41) is 3.27. The van der Waals surface area contributed by atoms with Gasteiger partial charge in [0, 0.05) is 30.9 Å². The molecule has 0 spiro atoms. The Bertz CT molecular complexity index is 926. The molecule has 2 heterocycles. The minimum atomic E-state index is -3.16. The van der Waals surface area contributed by atoms with E-state index >= 15 is 0 Å². The quantitative estimate of drug-likeness (QED) is 0.736. The van der Waals surface area contributed by atoms with Crippen LogP contribution in [0.2, 0.25) is 0 Å². The van der Waals surface area contributed by atoms with Crippen LogP contribution < -0.4 is 5.32 Å². The monoisotopic (exact) mass is 404 g/mol. The highest BCUT2D eigenvalue weighted by Gasteiger charge is 2.25. The zero-order chi connectivity index (χ0) is 20.1. The number of rotatable bonds is 6. The fourth-order valence-corrected chi connectivity index (χ4v) is 4.01. The molecular formula is C19H24N4O4S. The van der Waals surface area contributed by atoms with E-state index in [1.807, 2.05) is 30.3 Å². The van der Waals surface area contributed by atoms with Gasteiger partial charge < -0.3 is 10.1 Å². The maximum Gasteiger partial charge on any atom is 0.341 e. The van der Waals surface area contributed by atoms with Crippen molar-refractivity contribution in [3.8, 4) is 11.3 Å². The first-order valence-corrected chi connectivity index (χ1v) is 11.0. The number of nitrogens with zero attached hydrogens (tertiary/aromatic N) is 3. The van der Waals surface area contributed by atoms with Gasteiger partial charge in [-0.3, -0.25) is 0 Å². The van der Waals surface area contributed by atoms with E-state index in [1.165, 1.54) is 16.8 Å². The van der Waals surface area contributed by atoms with Gasteiger partial charge in [0.1, 0.15) is 5.56 Å². The number of piperidine rings is 1. The van der Waals surface area contributed by atoms with Crippen molar-refractivity contribution in [1.29, 1.82) is 0 Å². The van der Waals surface area contributed by atoms with E-state index < -0.39 is 16.0 Å². The van der Waals surface area contributed by atoms with Gasteiger partial charge in [0.15, 0.2) is 0 Å². The largest absolute Gasteiger partial charge is 0.462 e. The third-order valence-electron chi connectivity index (χ3n) is 4.59. The van der Waals surface area contributed by atoms with Crippen LogP contribution in [0.25, 0.3) is 11.3 Å². The van der Waals surface area contributed by atoms with E-state index in [0.29, 0.717) is 43.1 Å². The van der Waals surface area contributed by atoms with Gasteiger partial charge in [0.05, 0.1) is 18.6 Å². The molecule has 2 aromatic rings. The summed E-state index contributed by atoms with van der Waals surface area (Å²) in [5.74, 6) is -0.0564. The molecule has 150 valence electrons. The van der Waals surface area contributed by atoms with Crippen molar-refractivity contribution in [2.24, 2.45) is 0 Å². The molecule has 9 heteroatoms. The topological polar surface area (TPSA) is 101 Å². The minimum absolute atomic E-state index is 0.0649. The maximum atomic E-state index is 12.3. The lowest BCUT2D eigenvalue weighted by molar-refractivity contribution is 0.0526. The number of hydrogen-bond donors (Lipinski definition) is 1. The number of nitrogens with one attached hydrogen (secondary N) is 1. The van der Waals surface area contributed by atoms with Crippen LogP contribution in [0.5, 0.6) is 0 Å². The average Bonchev–Trinajstić information content (AvgIpc) is 2.68. The summed E-state index contributed by atoms with van der Waals surface area (Å²) in [6, 6.07) is 9.46. The van der Waals surface area contributed by atoms with Crippen molar-refractivity contribution < 1.29 is 17.9 Å². The lowest BCUT2D eigenvalue weighted by atomic mass is 10.1. The van der Waals surface area contributed by atoms with Gasteiger partial charge in [0.2, 0.25) is 16.0 Å². The predicted molar refractivity (Wildman–Crippen MR) is 106 cm³/mol. The summed E-state index contributed by atoms with van der Waals surface area (Å²) >= 11 is 0. The Kier molecular flexibility index (Phi) is 6.25. The van der Waals surface area contributed by atoms with Gasteiger partial charge in [-0.2, -0.15) is 0 Å². The van der Waals surface area contributed by atoms with Crippen molar-refractivity contribution in [3.63, 3.8) is 0 Å². The number of aromatic nitrogens is 2. The Hall–Kier alpha value is -2.52.